The average Bonchev–Trinajstić information content (AvgIpc) is 2.65. The Morgan fingerprint density at radius 3 is 2.74 bits per heavy atom. The van der Waals surface area contributed by atoms with Crippen LogP contribution in [-0.2, 0) is 11.3 Å². The molecule has 0 spiro atoms. The van der Waals surface area contributed by atoms with E-state index in [-0.39, 0.29) is 12.2 Å². The van der Waals surface area contributed by atoms with Crippen molar-refractivity contribution in [1.29, 1.82) is 0 Å². The van der Waals surface area contributed by atoms with E-state index in [9.17, 15) is 14.0 Å². The van der Waals surface area contributed by atoms with Crippen LogP contribution in [0.4, 0.5) is 15.8 Å². The van der Waals surface area contributed by atoms with Crippen LogP contribution in [0, 0.1) is 12.9 Å². The molecule has 3 aromatic heterocycles. The van der Waals surface area contributed by atoms with E-state index >= 15 is 0 Å². The molecule has 0 aliphatic rings. The van der Waals surface area contributed by atoms with Crippen LogP contribution in [0.25, 0.3) is 11.0 Å². The third kappa shape index (κ3) is 3.64. The van der Waals surface area contributed by atoms with Crippen LogP contribution in [0.3, 0.4) is 0 Å². The number of carbonyl (C=O) groups is 1. The molecule has 3 rings (SSSR count). The molecule has 0 unspecified atom stereocenters. The zero-order chi connectivity index (χ0) is 19.6. The van der Waals surface area contributed by atoms with E-state index in [2.05, 4.69) is 15.3 Å². The minimum absolute atomic E-state index is 0.0359. The van der Waals surface area contributed by atoms with Crippen LogP contribution in [-0.4, -0.2) is 27.1 Å². The van der Waals surface area contributed by atoms with E-state index in [1.54, 1.807) is 24.5 Å². The van der Waals surface area contributed by atoms with Gasteiger partial charge in [0.05, 0.1) is 35.3 Å². The summed E-state index contributed by atoms with van der Waals surface area (Å²) < 4.78 is 19.7. The van der Waals surface area contributed by atoms with Crippen molar-refractivity contribution in [2.45, 2.75) is 27.3 Å². The molecule has 3 heterocycles. The lowest BCUT2D eigenvalue weighted by molar-refractivity contribution is 0.0524. The van der Waals surface area contributed by atoms with Crippen LogP contribution >= 0.6 is 0 Å². The molecule has 0 atom stereocenters. The lowest BCUT2D eigenvalue weighted by atomic mass is 10.1. The Balaban J connectivity index is 2.16. The number of aryl methyl sites for hydroxylation is 2. The number of rotatable bonds is 5. The Morgan fingerprint density at radius 2 is 2.11 bits per heavy atom. The van der Waals surface area contributed by atoms with Gasteiger partial charge in [-0.1, -0.05) is 0 Å². The lowest BCUT2D eigenvalue weighted by Gasteiger charge is -2.14. The van der Waals surface area contributed by atoms with Crippen molar-refractivity contribution >= 4 is 28.4 Å². The van der Waals surface area contributed by atoms with Gasteiger partial charge in [-0.15, -0.1) is 0 Å². The van der Waals surface area contributed by atoms with Gasteiger partial charge in [-0.2, -0.15) is 4.39 Å². The minimum Gasteiger partial charge on any atom is -0.462 e. The molecule has 0 bridgehead atoms. The number of esters is 1. The fourth-order valence-corrected chi connectivity index (χ4v) is 2.73. The first-order valence-corrected chi connectivity index (χ1v) is 8.55. The van der Waals surface area contributed by atoms with Crippen molar-refractivity contribution in [3.8, 4) is 0 Å². The molecule has 27 heavy (non-hydrogen) atoms. The van der Waals surface area contributed by atoms with Gasteiger partial charge >= 0.3 is 5.97 Å². The number of halogens is 1. The molecule has 1 N–H and O–H groups in total. The summed E-state index contributed by atoms with van der Waals surface area (Å²) in [5, 5.41) is 3.37. The first-order chi connectivity index (χ1) is 12.9. The highest BCUT2D eigenvalue weighted by Crippen LogP contribution is 2.23. The van der Waals surface area contributed by atoms with Gasteiger partial charge in [-0.05, 0) is 39.0 Å². The molecule has 8 heteroatoms. The smallest absolute Gasteiger partial charge is 0.343 e. The standard InChI is InChI=1S/C19H19FN4O3/c1-4-24-10-14(19(26)27-5-2)17(25)13-8-15(11(3)22-18(13)24)23-12-6-7-16(20)21-9-12/h6-10,23H,4-5H2,1-3H3. The van der Waals surface area contributed by atoms with E-state index in [0.29, 0.717) is 34.6 Å². The maximum atomic E-state index is 13.0. The monoisotopic (exact) mass is 370 g/mol. The van der Waals surface area contributed by atoms with E-state index in [4.69, 9.17) is 4.74 Å². The summed E-state index contributed by atoms with van der Waals surface area (Å²) >= 11 is 0. The number of nitrogens with zero attached hydrogens (tertiary/aromatic N) is 3. The number of carbonyl (C=O) groups excluding carboxylic acids is 1. The molecule has 0 aromatic carbocycles. The van der Waals surface area contributed by atoms with Crippen molar-refractivity contribution in [3.63, 3.8) is 0 Å². The molecule has 140 valence electrons. The van der Waals surface area contributed by atoms with Crippen LogP contribution in [0.1, 0.15) is 29.9 Å². The summed E-state index contributed by atoms with van der Waals surface area (Å²) in [6, 6.07) is 4.40. The van der Waals surface area contributed by atoms with Gasteiger partial charge in [0.1, 0.15) is 11.2 Å². The molecule has 3 aromatic rings. The number of fused-ring (bicyclic) bond motifs is 1. The Hall–Kier alpha value is -3.29. The molecule has 0 fully saturated rings. The quantitative estimate of drug-likeness (QED) is 0.548. The molecular formula is C19H19FN4O3. The molecule has 0 saturated heterocycles. The second-order valence-corrected chi connectivity index (χ2v) is 5.87. The summed E-state index contributed by atoms with van der Waals surface area (Å²) in [6.07, 6.45) is 2.82. The Kier molecular flexibility index (Phi) is 5.16. The van der Waals surface area contributed by atoms with Crippen molar-refractivity contribution in [2.24, 2.45) is 0 Å². The topological polar surface area (TPSA) is 86.1 Å². The molecule has 0 aliphatic carbocycles. The van der Waals surface area contributed by atoms with E-state index in [1.807, 2.05) is 6.92 Å². The molecule has 0 aliphatic heterocycles. The summed E-state index contributed by atoms with van der Waals surface area (Å²) in [5.41, 5.74) is 1.77. The van der Waals surface area contributed by atoms with Crippen molar-refractivity contribution in [1.82, 2.24) is 14.5 Å². The predicted molar refractivity (Wildman–Crippen MR) is 99.8 cm³/mol. The zero-order valence-corrected chi connectivity index (χ0v) is 15.2. The Bertz CT molecular complexity index is 1060. The Morgan fingerprint density at radius 1 is 1.33 bits per heavy atom. The van der Waals surface area contributed by atoms with Crippen LogP contribution < -0.4 is 10.7 Å². The van der Waals surface area contributed by atoms with Gasteiger partial charge in [0.25, 0.3) is 0 Å². The van der Waals surface area contributed by atoms with Crippen molar-refractivity contribution in [2.75, 3.05) is 11.9 Å². The summed E-state index contributed by atoms with van der Waals surface area (Å²) in [6.45, 7) is 6.08. The third-order valence-corrected chi connectivity index (χ3v) is 4.08. The van der Waals surface area contributed by atoms with Gasteiger partial charge in [-0.25, -0.2) is 14.8 Å². The highest BCUT2D eigenvalue weighted by molar-refractivity contribution is 5.94. The number of hydrogen-bond acceptors (Lipinski definition) is 6. The highest BCUT2D eigenvalue weighted by Gasteiger charge is 2.18. The zero-order valence-electron chi connectivity index (χ0n) is 15.2. The number of nitrogens with one attached hydrogen (secondary N) is 1. The molecular weight excluding hydrogens is 351 g/mol. The summed E-state index contributed by atoms with van der Waals surface area (Å²) in [7, 11) is 0. The van der Waals surface area contributed by atoms with E-state index in [1.165, 1.54) is 24.5 Å². The minimum atomic E-state index is -0.663. The first kappa shape index (κ1) is 18.5. The maximum Gasteiger partial charge on any atom is 0.343 e. The molecule has 7 nitrogen and oxygen atoms in total. The number of ether oxygens (including phenoxy) is 1. The summed E-state index contributed by atoms with van der Waals surface area (Å²) in [4.78, 5) is 33.1. The van der Waals surface area contributed by atoms with E-state index < -0.39 is 17.3 Å². The van der Waals surface area contributed by atoms with Gasteiger partial charge < -0.3 is 14.6 Å². The van der Waals surface area contributed by atoms with Gasteiger partial charge in [0.2, 0.25) is 11.4 Å². The molecule has 0 radical (unpaired) electrons. The number of anilines is 2. The first-order valence-electron chi connectivity index (χ1n) is 8.55. The number of pyridine rings is 3. The largest absolute Gasteiger partial charge is 0.462 e. The van der Waals surface area contributed by atoms with Gasteiger partial charge in [0, 0.05) is 12.7 Å². The van der Waals surface area contributed by atoms with Crippen LogP contribution in [0.5, 0.6) is 0 Å². The van der Waals surface area contributed by atoms with Crippen molar-refractivity contribution in [3.05, 3.63) is 58.0 Å². The van der Waals surface area contributed by atoms with Gasteiger partial charge in [0.15, 0.2) is 0 Å². The maximum absolute atomic E-state index is 13.0. The molecule has 0 saturated carbocycles. The van der Waals surface area contributed by atoms with Crippen molar-refractivity contribution < 1.29 is 13.9 Å². The van der Waals surface area contributed by atoms with Crippen LogP contribution in [0.2, 0.25) is 0 Å². The second-order valence-electron chi connectivity index (χ2n) is 5.87. The Labute approximate surface area is 154 Å². The van der Waals surface area contributed by atoms with E-state index in [0.717, 1.165) is 0 Å². The fourth-order valence-electron chi connectivity index (χ4n) is 2.73. The average molecular weight is 370 g/mol. The summed E-state index contributed by atoms with van der Waals surface area (Å²) in [5.74, 6) is -1.25. The fraction of sp³-hybridized carbons (Fsp3) is 0.263. The van der Waals surface area contributed by atoms with Gasteiger partial charge in [-0.3, -0.25) is 4.79 Å². The second kappa shape index (κ2) is 7.53. The predicted octanol–water partition coefficient (Wildman–Crippen LogP) is 3.18. The lowest BCUT2D eigenvalue weighted by Crippen LogP contribution is -2.21. The number of hydrogen-bond donors (Lipinski definition) is 1. The number of aromatic nitrogens is 3. The highest BCUT2D eigenvalue weighted by atomic mass is 19.1. The normalized spacial score (nSPS) is 10.8. The van der Waals surface area contributed by atoms with Crippen LogP contribution in [0.15, 0.2) is 35.4 Å². The SMILES string of the molecule is CCOC(=O)c1cn(CC)c2nc(C)c(Nc3ccc(F)nc3)cc2c1=O. The molecule has 0 amide bonds. The third-order valence-electron chi connectivity index (χ3n) is 4.08.